The molecule has 3 heterocycles. The number of para-hydroxylation sites is 1. The number of methoxy groups -OCH3 is 1. The Kier molecular flexibility index (Phi) is 9.90. The van der Waals surface area contributed by atoms with Crippen LogP contribution in [0.1, 0.15) is 63.5 Å². The molecule has 3 aromatic carbocycles. The van der Waals surface area contributed by atoms with Crippen LogP contribution in [0, 0.1) is 5.92 Å². The molecule has 1 N–H and O–H groups in total. The van der Waals surface area contributed by atoms with E-state index in [4.69, 9.17) is 9.47 Å². The Morgan fingerprint density at radius 3 is 2.47 bits per heavy atom. The number of nitrogens with zero attached hydrogens (tertiary/aromatic N) is 6. The monoisotopic (exact) mass is 689 g/mol. The van der Waals surface area contributed by atoms with Gasteiger partial charge in [-0.3, -0.25) is 4.79 Å². The van der Waals surface area contributed by atoms with E-state index in [1.807, 2.05) is 32.9 Å². The number of hydrogen-bond donors (Lipinski definition) is 1. The summed E-state index contributed by atoms with van der Waals surface area (Å²) in [6.45, 7) is 8.50. The van der Waals surface area contributed by atoms with E-state index in [0.29, 0.717) is 38.5 Å². The Labute approximate surface area is 298 Å². The van der Waals surface area contributed by atoms with Crippen LogP contribution in [0.25, 0.3) is 33.4 Å². The molecular formula is C40H47N7O4. The predicted octanol–water partition coefficient (Wildman–Crippen LogP) is 7.06. The molecule has 0 spiro atoms. The molecule has 2 amide bonds. The summed E-state index contributed by atoms with van der Waals surface area (Å²) < 4.78 is 13.4. The summed E-state index contributed by atoms with van der Waals surface area (Å²) in [6.07, 6.45) is 5.36. The fraction of sp³-hybridized carbons (Fsp3) is 0.425. The molecule has 2 fully saturated rings. The highest BCUT2D eigenvalue weighted by Gasteiger charge is 2.43. The molecular weight excluding hydrogens is 642 g/mol. The van der Waals surface area contributed by atoms with Gasteiger partial charge in [-0.1, -0.05) is 60.7 Å². The maximum absolute atomic E-state index is 15.0. The van der Waals surface area contributed by atoms with Crippen LogP contribution in [-0.2, 0) is 27.4 Å². The van der Waals surface area contributed by atoms with Gasteiger partial charge in [-0.25, -0.2) is 4.79 Å². The third-order valence-corrected chi connectivity index (χ3v) is 9.93. The van der Waals surface area contributed by atoms with Gasteiger partial charge >= 0.3 is 6.09 Å². The van der Waals surface area contributed by atoms with E-state index in [1.54, 1.807) is 12.0 Å². The van der Waals surface area contributed by atoms with E-state index < -0.39 is 11.5 Å². The summed E-state index contributed by atoms with van der Waals surface area (Å²) in [6, 6.07) is 25.1. The van der Waals surface area contributed by atoms with Crippen molar-refractivity contribution in [2.24, 2.45) is 5.92 Å². The molecule has 1 saturated carbocycles. The molecule has 7 rings (SSSR count). The lowest BCUT2D eigenvalue weighted by Crippen LogP contribution is -2.51. The minimum atomic E-state index is -0.630. The molecule has 11 heteroatoms. The molecule has 1 aliphatic carbocycles. The topological polar surface area (TPSA) is 118 Å². The number of piperidine rings is 1. The first-order valence-corrected chi connectivity index (χ1v) is 18.0. The van der Waals surface area contributed by atoms with Gasteiger partial charge in [-0.2, -0.15) is 5.21 Å². The number of rotatable bonds is 11. The predicted molar refractivity (Wildman–Crippen MR) is 196 cm³/mol. The second-order valence-electron chi connectivity index (χ2n) is 14.8. The Morgan fingerprint density at radius 1 is 0.961 bits per heavy atom. The summed E-state index contributed by atoms with van der Waals surface area (Å²) in [5, 5.41) is 15.7. The van der Waals surface area contributed by atoms with Crippen molar-refractivity contribution in [3.8, 4) is 22.5 Å². The van der Waals surface area contributed by atoms with E-state index in [-0.39, 0.29) is 24.0 Å². The van der Waals surface area contributed by atoms with Crippen molar-refractivity contribution in [1.29, 1.82) is 0 Å². The molecule has 2 atom stereocenters. The second kappa shape index (κ2) is 14.7. The zero-order valence-corrected chi connectivity index (χ0v) is 29.9. The normalized spacial score (nSPS) is 17.8. The van der Waals surface area contributed by atoms with Crippen molar-refractivity contribution in [3.63, 3.8) is 0 Å². The number of H-pyrrole nitrogens is 1. The van der Waals surface area contributed by atoms with Gasteiger partial charge < -0.3 is 23.8 Å². The molecule has 1 aliphatic heterocycles. The van der Waals surface area contributed by atoms with Crippen LogP contribution < -0.4 is 0 Å². The number of aryl methyl sites for hydroxylation is 1. The minimum absolute atomic E-state index is 0.0758. The summed E-state index contributed by atoms with van der Waals surface area (Å²) >= 11 is 0. The molecule has 5 aromatic rings. The van der Waals surface area contributed by atoms with Gasteiger partial charge in [-0.15, -0.1) is 10.2 Å². The summed E-state index contributed by atoms with van der Waals surface area (Å²) in [5.41, 5.74) is 5.70. The molecule has 0 radical (unpaired) electrons. The number of aromatic nitrogens is 5. The van der Waals surface area contributed by atoms with Crippen molar-refractivity contribution in [3.05, 3.63) is 90.1 Å². The van der Waals surface area contributed by atoms with Crippen LogP contribution in [0.5, 0.6) is 0 Å². The summed E-state index contributed by atoms with van der Waals surface area (Å²) in [4.78, 5) is 32.2. The number of hydrogen-bond acceptors (Lipinski definition) is 7. The van der Waals surface area contributed by atoms with E-state index in [9.17, 15) is 4.79 Å². The van der Waals surface area contributed by atoms with Crippen molar-refractivity contribution < 1.29 is 19.1 Å². The van der Waals surface area contributed by atoms with Crippen LogP contribution in [0.3, 0.4) is 0 Å². The van der Waals surface area contributed by atoms with Crippen LogP contribution in [-0.4, -0.2) is 85.4 Å². The van der Waals surface area contributed by atoms with Crippen molar-refractivity contribution in [1.82, 2.24) is 35.0 Å². The Hall–Kier alpha value is -5.03. The molecule has 2 aliphatic rings. The largest absolute Gasteiger partial charge is 0.444 e. The summed E-state index contributed by atoms with van der Waals surface area (Å²) in [7, 11) is 1.73. The molecule has 0 bridgehead atoms. The lowest BCUT2D eigenvalue weighted by atomic mass is 9.78. The van der Waals surface area contributed by atoms with Gasteiger partial charge in [0.1, 0.15) is 5.60 Å². The van der Waals surface area contributed by atoms with Crippen LogP contribution in [0.15, 0.2) is 79.0 Å². The minimum Gasteiger partial charge on any atom is -0.444 e. The van der Waals surface area contributed by atoms with Gasteiger partial charge in [0.05, 0.1) is 5.92 Å². The highest BCUT2D eigenvalue weighted by atomic mass is 16.6. The quantitative estimate of drug-likeness (QED) is 0.148. The van der Waals surface area contributed by atoms with E-state index >= 15 is 4.79 Å². The van der Waals surface area contributed by atoms with E-state index in [1.165, 1.54) is 10.9 Å². The maximum Gasteiger partial charge on any atom is 0.410 e. The number of amides is 2. The van der Waals surface area contributed by atoms with Gasteiger partial charge in [0, 0.05) is 68.6 Å². The van der Waals surface area contributed by atoms with Crippen molar-refractivity contribution in [2.45, 2.75) is 77.1 Å². The molecule has 1 saturated heterocycles. The number of benzene rings is 3. The van der Waals surface area contributed by atoms with E-state index in [2.05, 4.69) is 97.0 Å². The standard InChI is InChI=1S/C40H47N7O4/c1-40(2,3)51-39(49)46-20-18-33(29-12-7-10-27(22-29)28-11-8-13-30(23-28)37-41-43-44-42-37)35(26-46)38(48)47(32-16-17-32)25-31-24-45(19-9-21-50-4)36-15-6-5-14-34(31)36/h5-8,10-15,22-24,32-33,35H,9,16-21,25-26H2,1-4H3,(H,41,42,43,44)/t33-,35+/m1/s1. The highest BCUT2D eigenvalue weighted by Crippen LogP contribution is 2.40. The van der Waals surface area contributed by atoms with Gasteiger partial charge in [-0.05, 0) is 92.0 Å². The number of tetrazole rings is 1. The number of carbonyl (C=O) groups is 2. The first kappa shape index (κ1) is 34.4. The number of carbonyl (C=O) groups excluding carboxylic acids is 2. The van der Waals surface area contributed by atoms with Crippen molar-refractivity contribution >= 4 is 22.9 Å². The van der Waals surface area contributed by atoms with Gasteiger partial charge in [0.2, 0.25) is 11.7 Å². The van der Waals surface area contributed by atoms with E-state index in [0.717, 1.165) is 53.6 Å². The van der Waals surface area contributed by atoms with Crippen LogP contribution in [0.4, 0.5) is 4.79 Å². The third kappa shape index (κ3) is 7.83. The zero-order chi connectivity index (χ0) is 35.5. The first-order valence-electron chi connectivity index (χ1n) is 18.0. The molecule has 0 unspecified atom stereocenters. The number of nitrogens with one attached hydrogen (secondary N) is 1. The fourth-order valence-electron chi connectivity index (χ4n) is 7.35. The Bertz CT molecular complexity index is 1980. The number of ether oxygens (including phenoxy) is 2. The SMILES string of the molecule is COCCCn1cc(CN(C(=O)[C@H]2CN(C(=O)OC(C)(C)C)CC[C@@H]2c2cccc(-c3cccc(-c4nn[nH]n4)c3)c2)C2CC2)c2ccccc21. The molecule has 266 valence electrons. The first-order chi connectivity index (χ1) is 24.7. The average Bonchev–Trinajstić information content (AvgIpc) is 3.70. The molecule has 51 heavy (non-hydrogen) atoms. The van der Waals surface area contributed by atoms with Crippen LogP contribution in [0.2, 0.25) is 0 Å². The Morgan fingerprint density at radius 2 is 1.73 bits per heavy atom. The summed E-state index contributed by atoms with van der Waals surface area (Å²) in [5.74, 6) is 0.124. The van der Waals surface area contributed by atoms with Crippen LogP contribution >= 0.6 is 0 Å². The highest BCUT2D eigenvalue weighted by molar-refractivity contribution is 5.86. The van der Waals surface area contributed by atoms with Gasteiger partial charge in [0.15, 0.2) is 0 Å². The second-order valence-corrected chi connectivity index (χ2v) is 14.8. The maximum atomic E-state index is 15.0. The smallest absolute Gasteiger partial charge is 0.410 e. The molecule has 11 nitrogen and oxygen atoms in total. The zero-order valence-electron chi connectivity index (χ0n) is 29.9. The Balaban J connectivity index is 1.21. The number of fused-ring (bicyclic) bond motifs is 1. The van der Waals surface area contributed by atoms with Gasteiger partial charge in [0.25, 0.3) is 0 Å². The molecule has 2 aromatic heterocycles. The van der Waals surface area contributed by atoms with Crippen molar-refractivity contribution in [2.75, 3.05) is 26.8 Å². The number of likely N-dealkylation sites (tertiary alicyclic amines) is 1. The lowest BCUT2D eigenvalue weighted by Gasteiger charge is -2.40. The third-order valence-electron chi connectivity index (χ3n) is 9.93. The fourth-order valence-corrected chi connectivity index (χ4v) is 7.35. The lowest BCUT2D eigenvalue weighted by molar-refractivity contribution is -0.139. The number of aromatic amines is 1. The average molecular weight is 690 g/mol.